The molecule has 102 valence electrons. The smallest absolute Gasteiger partial charge is 0.270 e. The summed E-state index contributed by atoms with van der Waals surface area (Å²) in [6.07, 6.45) is 2.12. The fourth-order valence-electron chi connectivity index (χ4n) is 1.64. The maximum absolute atomic E-state index is 12.2. The number of hydrogen-bond acceptors (Lipinski definition) is 2. The van der Waals surface area contributed by atoms with Gasteiger partial charge in [-0.3, -0.25) is 4.79 Å². The largest absolute Gasteiger partial charge is 0.377 e. The molecule has 0 saturated carbocycles. The van der Waals surface area contributed by atoms with Crippen LogP contribution in [0.4, 0.5) is 0 Å². The third kappa shape index (κ3) is 4.14. The highest BCUT2D eigenvalue weighted by molar-refractivity contribution is 9.10. The van der Waals surface area contributed by atoms with E-state index in [1.807, 2.05) is 37.6 Å². The fraction of sp³-hybridized carbons (Fsp3) is 0.615. The van der Waals surface area contributed by atoms with Crippen LogP contribution in [0.2, 0.25) is 0 Å². The normalized spacial score (nSPS) is 11.0. The summed E-state index contributed by atoms with van der Waals surface area (Å²) < 4.78 is 8.32. The summed E-state index contributed by atoms with van der Waals surface area (Å²) in [5.41, 5.74) is 0.705. The SMILES string of the molecule is CCn1cc(Br)cc1C(=O)N(C)CCOC(C)C. The van der Waals surface area contributed by atoms with Crippen molar-refractivity contribution in [1.29, 1.82) is 0 Å². The monoisotopic (exact) mass is 316 g/mol. The van der Waals surface area contributed by atoms with E-state index >= 15 is 0 Å². The first-order chi connectivity index (χ1) is 8.45. The molecule has 1 heterocycles. The summed E-state index contributed by atoms with van der Waals surface area (Å²) in [5.74, 6) is 0.0231. The molecule has 18 heavy (non-hydrogen) atoms. The molecule has 5 heteroatoms. The van der Waals surface area contributed by atoms with Gasteiger partial charge >= 0.3 is 0 Å². The molecule has 0 aliphatic heterocycles. The first-order valence-electron chi connectivity index (χ1n) is 6.18. The molecular weight excluding hydrogens is 296 g/mol. The summed E-state index contributed by atoms with van der Waals surface area (Å²) in [6.45, 7) is 7.94. The average Bonchev–Trinajstić information content (AvgIpc) is 2.68. The number of amides is 1. The molecule has 0 radical (unpaired) electrons. The predicted molar refractivity (Wildman–Crippen MR) is 75.9 cm³/mol. The molecule has 0 aliphatic rings. The van der Waals surface area contributed by atoms with Crippen molar-refractivity contribution in [1.82, 2.24) is 9.47 Å². The van der Waals surface area contributed by atoms with Crippen LogP contribution < -0.4 is 0 Å². The molecule has 0 bridgehead atoms. The van der Waals surface area contributed by atoms with E-state index in [1.54, 1.807) is 11.9 Å². The molecule has 1 amide bonds. The zero-order valence-corrected chi connectivity index (χ0v) is 13.0. The van der Waals surface area contributed by atoms with E-state index in [4.69, 9.17) is 4.74 Å². The average molecular weight is 317 g/mol. The molecule has 0 N–H and O–H groups in total. The summed E-state index contributed by atoms with van der Waals surface area (Å²) >= 11 is 3.40. The van der Waals surface area contributed by atoms with Crippen molar-refractivity contribution < 1.29 is 9.53 Å². The van der Waals surface area contributed by atoms with Crippen LogP contribution >= 0.6 is 15.9 Å². The number of ether oxygens (including phenoxy) is 1. The minimum atomic E-state index is 0.0231. The Kier molecular flexibility index (Phi) is 5.88. The van der Waals surface area contributed by atoms with E-state index in [0.29, 0.717) is 18.8 Å². The van der Waals surface area contributed by atoms with Crippen molar-refractivity contribution in [3.05, 3.63) is 22.4 Å². The second-order valence-corrected chi connectivity index (χ2v) is 5.39. The topological polar surface area (TPSA) is 34.5 Å². The van der Waals surface area contributed by atoms with Crippen LogP contribution in [0.1, 0.15) is 31.3 Å². The fourth-order valence-corrected chi connectivity index (χ4v) is 2.10. The van der Waals surface area contributed by atoms with Gasteiger partial charge in [0.15, 0.2) is 0 Å². The second kappa shape index (κ2) is 6.95. The Morgan fingerprint density at radius 2 is 2.22 bits per heavy atom. The van der Waals surface area contributed by atoms with E-state index < -0.39 is 0 Å². The van der Waals surface area contributed by atoms with Crippen molar-refractivity contribution in [3.63, 3.8) is 0 Å². The Hall–Kier alpha value is -0.810. The summed E-state index contributed by atoms with van der Waals surface area (Å²) in [5, 5.41) is 0. The van der Waals surface area contributed by atoms with Crippen LogP contribution in [0, 0.1) is 0 Å². The zero-order valence-electron chi connectivity index (χ0n) is 11.4. The van der Waals surface area contributed by atoms with Gasteiger partial charge in [0.1, 0.15) is 5.69 Å². The third-order valence-corrected chi connectivity index (χ3v) is 3.08. The number of rotatable bonds is 6. The van der Waals surface area contributed by atoms with Crippen LogP contribution in [0.5, 0.6) is 0 Å². The van der Waals surface area contributed by atoms with Gasteiger partial charge in [0.25, 0.3) is 5.91 Å². The molecule has 0 atom stereocenters. The predicted octanol–water partition coefficient (Wildman–Crippen LogP) is 2.77. The van der Waals surface area contributed by atoms with Crippen LogP contribution in [-0.4, -0.2) is 41.7 Å². The first-order valence-corrected chi connectivity index (χ1v) is 6.97. The van der Waals surface area contributed by atoms with Gasteiger partial charge in [-0.15, -0.1) is 0 Å². The molecule has 0 spiro atoms. The van der Waals surface area contributed by atoms with Gasteiger partial charge in [0, 0.05) is 30.8 Å². The highest BCUT2D eigenvalue weighted by atomic mass is 79.9. The lowest BCUT2D eigenvalue weighted by Gasteiger charge is -2.18. The summed E-state index contributed by atoms with van der Waals surface area (Å²) in [7, 11) is 1.80. The molecule has 0 unspecified atom stereocenters. The lowest BCUT2D eigenvalue weighted by molar-refractivity contribution is 0.0526. The molecule has 0 aliphatic carbocycles. The van der Waals surface area contributed by atoms with Gasteiger partial charge in [-0.1, -0.05) is 0 Å². The number of aromatic nitrogens is 1. The Labute approximate surface area is 117 Å². The third-order valence-electron chi connectivity index (χ3n) is 2.65. The molecule has 1 rings (SSSR count). The first kappa shape index (κ1) is 15.2. The number of aryl methyl sites for hydroxylation is 1. The Bertz CT molecular complexity index is 402. The van der Waals surface area contributed by atoms with E-state index in [1.165, 1.54) is 0 Å². The van der Waals surface area contributed by atoms with E-state index in [9.17, 15) is 4.79 Å². The molecule has 4 nitrogen and oxygen atoms in total. The number of hydrogen-bond donors (Lipinski definition) is 0. The molecule has 1 aromatic heterocycles. The van der Waals surface area contributed by atoms with Crippen molar-refractivity contribution >= 4 is 21.8 Å². The van der Waals surface area contributed by atoms with E-state index in [0.717, 1.165) is 11.0 Å². The quantitative estimate of drug-likeness (QED) is 0.808. The van der Waals surface area contributed by atoms with Gasteiger partial charge in [-0.25, -0.2) is 0 Å². The summed E-state index contributed by atoms with van der Waals surface area (Å²) in [6, 6.07) is 1.85. The zero-order chi connectivity index (χ0) is 13.7. The van der Waals surface area contributed by atoms with Gasteiger partial charge in [-0.2, -0.15) is 0 Å². The molecule has 0 fully saturated rings. The highest BCUT2D eigenvalue weighted by Gasteiger charge is 2.16. The van der Waals surface area contributed by atoms with Gasteiger partial charge < -0.3 is 14.2 Å². The number of nitrogens with zero attached hydrogens (tertiary/aromatic N) is 2. The van der Waals surface area contributed by atoms with Crippen LogP contribution in [-0.2, 0) is 11.3 Å². The van der Waals surface area contributed by atoms with Crippen molar-refractivity contribution in [3.8, 4) is 0 Å². The van der Waals surface area contributed by atoms with Crippen LogP contribution in [0.15, 0.2) is 16.7 Å². The van der Waals surface area contributed by atoms with Crippen molar-refractivity contribution in [2.45, 2.75) is 33.4 Å². The number of halogens is 1. The van der Waals surface area contributed by atoms with Crippen LogP contribution in [0.25, 0.3) is 0 Å². The standard InChI is InChI=1S/C13H21BrN2O2/c1-5-16-9-11(14)8-12(16)13(17)15(4)6-7-18-10(2)3/h8-10H,5-7H2,1-4H3. The Balaban J connectivity index is 2.62. The van der Waals surface area contributed by atoms with Gasteiger partial charge in [0.2, 0.25) is 0 Å². The molecular formula is C13H21BrN2O2. The molecule has 1 aromatic rings. The maximum Gasteiger partial charge on any atom is 0.270 e. The van der Waals surface area contributed by atoms with Crippen molar-refractivity contribution in [2.75, 3.05) is 20.2 Å². The second-order valence-electron chi connectivity index (χ2n) is 4.48. The Morgan fingerprint density at radius 1 is 1.56 bits per heavy atom. The summed E-state index contributed by atoms with van der Waals surface area (Å²) in [4.78, 5) is 13.9. The van der Waals surface area contributed by atoms with Crippen molar-refractivity contribution in [2.24, 2.45) is 0 Å². The number of carbonyl (C=O) groups excluding carboxylic acids is 1. The molecule has 0 aromatic carbocycles. The minimum absolute atomic E-state index is 0.0231. The number of likely N-dealkylation sites (N-methyl/N-ethyl adjacent to an activating group) is 1. The Morgan fingerprint density at radius 3 is 2.78 bits per heavy atom. The maximum atomic E-state index is 12.2. The highest BCUT2D eigenvalue weighted by Crippen LogP contribution is 2.16. The van der Waals surface area contributed by atoms with Crippen LogP contribution in [0.3, 0.4) is 0 Å². The van der Waals surface area contributed by atoms with E-state index in [2.05, 4.69) is 15.9 Å². The lowest BCUT2D eigenvalue weighted by Crippen LogP contribution is -2.32. The van der Waals surface area contributed by atoms with Gasteiger partial charge in [-0.05, 0) is 42.8 Å². The number of carbonyl (C=O) groups is 1. The lowest BCUT2D eigenvalue weighted by atomic mass is 10.3. The van der Waals surface area contributed by atoms with Gasteiger partial charge in [0.05, 0.1) is 12.7 Å². The minimum Gasteiger partial charge on any atom is -0.377 e. The van der Waals surface area contributed by atoms with E-state index in [-0.39, 0.29) is 12.0 Å². The molecule has 0 saturated heterocycles.